The van der Waals surface area contributed by atoms with Crippen molar-refractivity contribution in [3.8, 4) is 5.75 Å². The fraction of sp³-hybridized carbons (Fsp3) is 0.533. The Morgan fingerprint density at radius 1 is 1.26 bits per heavy atom. The molecular weight excluding hydrogens is 318 g/mol. The number of hydrogen-bond donors (Lipinski definition) is 0. The first-order chi connectivity index (χ1) is 11.3. The molecule has 0 N–H and O–H groups in total. The van der Waals surface area contributed by atoms with E-state index in [-0.39, 0.29) is 12.5 Å². The second-order valence-electron chi connectivity index (χ2n) is 5.67. The number of rotatable bonds is 3. The van der Waals surface area contributed by atoms with Gasteiger partial charge in [-0.25, -0.2) is 0 Å². The fourth-order valence-electron chi connectivity index (χ4n) is 3.01. The lowest BCUT2D eigenvalue weighted by Crippen LogP contribution is -2.48. The molecule has 122 valence electrons. The van der Waals surface area contributed by atoms with Gasteiger partial charge in [-0.05, 0) is 12.1 Å². The average Bonchev–Trinajstić information content (AvgIpc) is 3.23. The minimum absolute atomic E-state index is 0.00531. The van der Waals surface area contributed by atoms with Crippen LogP contribution in [0.4, 0.5) is 0 Å². The van der Waals surface area contributed by atoms with Gasteiger partial charge in [-0.1, -0.05) is 6.07 Å². The molecule has 7 nitrogen and oxygen atoms in total. The Morgan fingerprint density at radius 2 is 2.04 bits per heavy atom. The van der Waals surface area contributed by atoms with Crippen LogP contribution < -0.4 is 4.74 Å². The van der Waals surface area contributed by atoms with E-state index in [2.05, 4.69) is 8.75 Å². The number of aromatic nitrogens is 2. The smallest absolute Gasteiger partial charge is 0.260 e. The molecule has 0 radical (unpaired) electrons. The third-order valence-corrected chi connectivity index (χ3v) is 4.83. The van der Waals surface area contributed by atoms with Crippen molar-refractivity contribution in [2.24, 2.45) is 0 Å². The predicted molar refractivity (Wildman–Crippen MR) is 83.4 cm³/mol. The maximum absolute atomic E-state index is 12.3. The topological polar surface area (TPSA) is 73.8 Å². The van der Waals surface area contributed by atoms with Crippen LogP contribution in [-0.2, 0) is 14.3 Å². The predicted octanol–water partition coefficient (Wildman–Crippen LogP) is 1.44. The van der Waals surface area contributed by atoms with Crippen LogP contribution in [0.2, 0.25) is 0 Å². The minimum Gasteiger partial charge on any atom is -0.481 e. The standard InChI is InChI=1S/C15H17N3O4S/c19-13(18-6-4-15(5-7-18)21-8-9-22-15)10-20-12-3-1-2-11-14(12)17-23-16-11/h1-3H,4-10H2. The Balaban J connectivity index is 1.35. The third-order valence-electron chi connectivity index (χ3n) is 4.29. The summed E-state index contributed by atoms with van der Waals surface area (Å²) in [7, 11) is 0. The summed E-state index contributed by atoms with van der Waals surface area (Å²) >= 11 is 1.14. The van der Waals surface area contributed by atoms with Crippen LogP contribution in [0.5, 0.6) is 5.75 Å². The molecule has 1 aromatic heterocycles. The summed E-state index contributed by atoms with van der Waals surface area (Å²) in [6.45, 7) is 2.55. The normalized spacial score (nSPS) is 20.3. The van der Waals surface area contributed by atoms with E-state index in [1.165, 1.54) is 0 Å². The quantitative estimate of drug-likeness (QED) is 0.845. The van der Waals surface area contributed by atoms with Crippen LogP contribution in [0.1, 0.15) is 12.8 Å². The zero-order valence-electron chi connectivity index (χ0n) is 12.6. The molecule has 1 aromatic carbocycles. The molecule has 0 aliphatic carbocycles. The molecule has 0 saturated carbocycles. The van der Waals surface area contributed by atoms with Gasteiger partial charge in [0.2, 0.25) is 0 Å². The molecule has 23 heavy (non-hydrogen) atoms. The summed E-state index contributed by atoms with van der Waals surface area (Å²) in [4.78, 5) is 14.1. The van der Waals surface area contributed by atoms with Gasteiger partial charge in [0.1, 0.15) is 16.8 Å². The Kier molecular flexibility index (Phi) is 3.88. The van der Waals surface area contributed by atoms with Crippen LogP contribution in [0.3, 0.4) is 0 Å². The maximum atomic E-state index is 12.3. The van der Waals surface area contributed by atoms with Crippen molar-refractivity contribution in [1.29, 1.82) is 0 Å². The summed E-state index contributed by atoms with van der Waals surface area (Å²) < 4.78 is 25.4. The maximum Gasteiger partial charge on any atom is 0.260 e. The van der Waals surface area contributed by atoms with Crippen LogP contribution in [0.25, 0.3) is 11.0 Å². The van der Waals surface area contributed by atoms with Gasteiger partial charge >= 0.3 is 0 Å². The number of likely N-dealkylation sites (tertiary alicyclic amines) is 1. The largest absolute Gasteiger partial charge is 0.481 e. The van der Waals surface area contributed by atoms with Crippen LogP contribution in [0.15, 0.2) is 18.2 Å². The molecule has 4 rings (SSSR count). The third kappa shape index (κ3) is 2.89. The van der Waals surface area contributed by atoms with Crippen molar-refractivity contribution < 1.29 is 19.0 Å². The summed E-state index contributed by atoms with van der Waals surface area (Å²) in [5, 5.41) is 0. The zero-order valence-corrected chi connectivity index (χ0v) is 13.4. The monoisotopic (exact) mass is 335 g/mol. The number of nitrogens with zero attached hydrogens (tertiary/aromatic N) is 3. The van der Waals surface area contributed by atoms with Crippen molar-refractivity contribution >= 4 is 28.7 Å². The van der Waals surface area contributed by atoms with E-state index in [9.17, 15) is 4.79 Å². The molecule has 1 spiro atoms. The highest BCUT2D eigenvalue weighted by molar-refractivity contribution is 7.00. The Morgan fingerprint density at radius 3 is 2.83 bits per heavy atom. The number of piperidine rings is 1. The molecule has 2 aliphatic heterocycles. The van der Waals surface area contributed by atoms with Crippen LogP contribution in [-0.4, -0.2) is 58.3 Å². The Hall–Kier alpha value is -1.77. The van der Waals surface area contributed by atoms with E-state index in [4.69, 9.17) is 14.2 Å². The number of ether oxygens (including phenoxy) is 3. The molecule has 3 heterocycles. The molecule has 0 unspecified atom stereocenters. The van der Waals surface area contributed by atoms with Gasteiger partial charge in [-0.2, -0.15) is 8.75 Å². The molecule has 2 aliphatic rings. The number of fused-ring (bicyclic) bond motifs is 1. The van der Waals surface area contributed by atoms with Gasteiger partial charge in [0, 0.05) is 25.9 Å². The number of amides is 1. The van der Waals surface area contributed by atoms with E-state index in [1.807, 2.05) is 18.2 Å². The lowest BCUT2D eigenvalue weighted by Gasteiger charge is -2.37. The minimum atomic E-state index is -0.463. The lowest BCUT2D eigenvalue weighted by molar-refractivity contribution is -0.187. The van der Waals surface area contributed by atoms with E-state index in [0.717, 1.165) is 17.2 Å². The van der Waals surface area contributed by atoms with Crippen LogP contribution >= 0.6 is 11.7 Å². The van der Waals surface area contributed by atoms with Gasteiger partial charge in [0.05, 0.1) is 24.9 Å². The first kappa shape index (κ1) is 14.8. The van der Waals surface area contributed by atoms with E-state index in [0.29, 0.717) is 50.4 Å². The first-order valence-electron chi connectivity index (χ1n) is 7.66. The second kappa shape index (κ2) is 6.03. The van der Waals surface area contributed by atoms with Crippen LogP contribution in [0, 0.1) is 0 Å². The molecule has 8 heteroatoms. The number of carbonyl (C=O) groups excluding carboxylic acids is 1. The van der Waals surface area contributed by atoms with Crippen molar-refractivity contribution in [1.82, 2.24) is 13.6 Å². The fourth-order valence-corrected chi connectivity index (χ4v) is 3.55. The Labute approximate surface area is 137 Å². The molecule has 1 amide bonds. The molecule has 2 fully saturated rings. The molecule has 0 atom stereocenters. The van der Waals surface area contributed by atoms with Gasteiger partial charge < -0.3 is 19.1 Å². The molecule has 2 saturated heterocycles. The highest BCUT2D eigenvalue weighted by atomic mass is 32.1. The summed E-state index contributed by atoms with van der Waals surface area (Å²) in [5.41, 5.74) is 1.49. The SMILES string of the molecule is O=C(COc1cccc2nsnc12)N1CCC2(CC1)OCCO2. The number of hydrogen-bond acceptors (Lipinski definition) is 7. The number of benzene rings is 1. The van der Waals surface area contributed by atoms with Gasteiger partial charge in [0.25, 0.3) is 5.91 Å². The van der Waals surface area contributed by atoms with E-state index < -0.39 is 5.79 Å². The Bertz CT molecular complexity index is 704. The van der Waals surface area contributed by atoms with E-state index in [1.54, 1.807) is 4.90 Å². The second-order valence-corrected chi connectivity index (χ2v) is 6.19. The summed E-state index contributed by atoms with van der Waals surface area (Å²) in [5.74, 6) is 0.105. The average molecular weight is 335 g/mol. The first-order valence-corrected chi connectivity index (χ1v) is 8.39. The molecular formula is C15H17N3O4S. The zero-order chi connectivity index (χ0) is 15.7. The van der Waals surface area contributed by atoms with Gasteiger partial charge in [-0.15, -0.1) is 0 Å². The summed E-state index contributed by atoms with van der Waals surface area (Å²) in [6, 6.07) is 5.53. The highest BCUT2D eigenvalue weighted by Gasteiger charge is 2.40. The molecule has 2 aromatic rings. The van der Waals surface area contributed by atoms with Crippen molar-refractivity contribution in [2.75, 3.05) is 32.9 Å². The highest BCUT2D eigenvalue weighted by Crippen LogP contribution is 2.31. The number of carbonyl (C=O) groups is 1. The van der Waals surface area contributed by atoms with Crippen molar-refractivity contribution in [3.05, 3.63) is 18.2 Å². The van der Waals surface area contributed by atoms with E-state index >= 15 is 0 Å². The summed E-state index contributed by atoms with van der Waals surface area (Å²) in [6.07, 6.45) is 1.43. The molecule has 0 bridgehead atoms. The van der Waals surface area contributed by atoms with Crippen molar-refractivity contribution in [2.45, 2.75) is 18.6 Å². The van der Waals surface area contributed by atoms with Gasteiger partial charge in [0.15, 0.2) is 12.4 Å². The lowest BCUT2D eigenvalue weighted by atomic mass is 10.0. The van der Waals surface area contributed by atoms with Crippen molar-refractivity contribution in [3.63, 3.8) is 0 Å². The van der Waals surface area contributed by atoms with Gasteiger partial charge in [-0.3, -0.25) is 4.79 Å².